The van der Waals surface area contributed by atoms with Gasteiger partial charge in [0, 0.05) is 18.7 Å². The molecule has 2 N–H and O–H groups in total. The molecule has 0 spiro atoms. The maximum atomic E-state index is 5.72. The predicted octanol–water partition coefficient (Wildman–Crippen LogP) is 4.05. The number of hydrogen-bond donors (Lipinski definition) is 2. The Labute approximate surface area is 152 Å². The summed E-state index contributed by atoms with van der Waals surface area (Å²) < 4.78 is 5.72. The minimum Gasteiger partial charge on any atom is -0.468 e. The van der Waals surface area contributed by atoms with E-state index in [4.69, 9.17) is 4.42 Å². The van der Waals surface area contributed by atoms with Crippen molar-refractivity contribution in [3.8, 4) is 10.6 Å². The number of furan rings is 1. The van der Waals surface area contributed by atoms with Crippen molar-refractivity contribution < 1.29 is 4.42 Å². The summed E-state index contributed by atoms with van der Waals surface area (Å²) >= 11 is 1.73. The number of thiophene rings is 1. The largest absolute Gasteiger partial charge is 0.468 e. The quantitative estimate of drug-likeness (QED) is 0.671. The van der Waals surface area contributed by atoms with Gasteiger partial charge in [0.15, 0.2) is 0 Å². The van der Waals surface area contributed by atoms with Crippen LogP contribution in [0.25, 0.3) is 10.6 Å². The highest BCUT2D eigenvalue weighted by Crippen LogP contribution is 2.27. The molecule has 1 saturated heterocycles. The first-order chi connectivity index (χ1) is 12.4. The third-order valence-corrected chi connectivity index (χ3v) is 5.73. The predicted molar refractivity (Wildman–Crippen MR) is 100 cm³/mol. The highest BCUT2D eigenvalue weighted by Gasteiger charge is 2.24. The van der Waals surface area contributed by atoms with Crippen LogP contribution in [0.1, 0.15) is 36.6 Å². The first kappa shape index (κ1) is 16.6. The third-order valence-electron chi connectivity index (χ3n) is 4.84. The highest BCUT2D eigenvalue weighted by molar-refractivity contribution is 7.13. The van der Waals surface area contributed by atoms with Gasteiger partial charge in [0.1, 0.15) is 5.76 Å². The number of hydrogen-bond acceptors (Lipinski definition) is 5. The van der Waals surface area contributed by atoms with E-state index in [9.17, 15) is 0 Å². The molecule has 1 aliphatic heterocycles. The molecule has 1 unspecified atom stereocenters. The van der Waals surface area contributed by atoms with E-state index < -0.39 is 0 Å². The Morgan fingerprint density at radius 3 is 2.92 bits per heavy atom. The number of aromatic nitrogens is 2. The van der Waals surface area contributed by atoms with Gasteiger partial charge in [0.2, 0.25) is 0 Å². The number of H-pyrrole nitrogens is 1. The van der Waals surface area contributed by atoms with E-state index in [0.717, 1.165) is 37.6 Å². The summed E-state index contributed by atoms with van der Waals surface area (Å²) in [6.45, 7) is 3.98. The van der Waals surface area contributed by atoms with Crippen molar-refractivity contribution in [1.29, 1.82) is 0 Å². The van der Waals surface area contributed by atoms with E-state index in [2.05, 4.69) is 44.0 Å². The minimum atomic E-state index is 0.299. The van der Waals surface area contributed by atoms with Crippen LogP contribution in [-0.4, -0.2) is 34.7 Å². The summed E-state index contributed by atoms with van der Waals surface area (Å²) in [6, 6.07) is 8.57. The third kappa shape index (κ3) is 3.86. The van der Waals surface area contributed by atoms with E-state index in [-0.39, 0.29) is 0 Å². The van der Waals surface area contributed by atoms with Crippen molar-refractivity contribution in [1.82, 2.24) is 20.4 Å². The molecular weight excluding hydrogens is 332 g/mol. The van der Waals surface area contributed by atoms with Gasteiger partial charge in [0.25, 0.3) is 0 Å². The van der Waals surface area contributed by atoms with Crippen molar-refractivity contribution >= 4 is 11.3 Å². The van der Waals surface area contributed by atoms with Crippen LogP contribution in [-0.2, 0) is 6.54 Å². The summed E-state index contributed by atoms with van der Waals surface area (Å²) in [7, 11) is 0. The monoisotopic (exact) mass is 356 g/mol. The number of likely N-dealkylation sites (tertiary alicyclic amines) is 1. The SMILES string of the molecule is c1coc(C(CNCc2cn[nH]c2-c2cccs2)N2CCCCC2)c1. The molecule has 0 aromatic carbocycles. The smallest absolute Gasteiger partial charge is 0.122 e. The fraction of sp³-hybridized carbons (Fsp3) is 0.421. The Hall–Kier alpha value is -1.89. The van der Waals surface area contributed by atoms with Crippen LogP contribution in [0.3, 0.4) is 0 Å². The maximum Gasteiger partial charge on any atom is 0.122 e. The lowest BCUT2D eigenvalue weighted by atomic mass is 10.1. The molecule has 0 bridgehead atoms. The van der Waals surface area contributed by atoms with Gasteiger partial charge in [-0.3, -0.25) is 10.00 Å². The maximum absolute atomic E-state index is 5.72. The van der Waals surface area contributed by atoms with Gasteiger partial charge < -0.3 is 9.73 Å². The second-order valence-electron chi connectivity index (χ2n) is 6.51. The molecular formula is C19H24N4OS. The lowest BCUT2D eigenvalue weighted by molar-refractivity contribution is 0.142. The minimum absolute atomic E-state index is 0.299. The second kappa shape index (κ2) is 7.99. The van der Waals surface area contributed by atoms with Crippen molar-refractivity contribution in [2.75, 3.05) is 19.6 Å². The molecule has 0 radical (unpaired) electrons. The van der Waals surface area contributed by atoms with Gasteiger partial charge in [-0.1, -0.05) is 12.5 Å². The molecule has 1 aliphatic rings. The van der Waals surface area contributed by atoms with Gasteiger partial charge in [-0.2, -0.15) is 5.10 Å². The molecule has 25 heavy (non-hydrogen) atoms. The Kier molecular flexibility index (Phi) is 5.30. The molecule has 1 fully saturated rings. The number of rotatable bonds is 7. The average Bonchev–Trinajstić information content (AvgIpc) is 3.41. The van der Waals surface area contributed by atoms with E-state index in [1.54, 1.807) is 17.6 Å². The number of nitrogens with one attached hydrogen (secondary N) is 2. The molecule has 4 rings (SSSR count). The summed E-state index contributed by atoms with van der Waals surface area (Å²) in [5, 5.41) is 13.1. The van der Waals surface area contributed by atoms with E-state index in [0.29, 0.717) is 6.04 Å². The lowest BCUT2D eigenvalue weighted by Gasteiger charge is -2.33. The first-order valence-electron chi connectivity index (χ1n) is 8.96. The molecule has 4 heterocycles. The zero-order valence-electron chi connectivity index (χ0n) is 14.3. The lowest BCUT2D eigenvalue weighted by Crippen LogP contribution is -2.38. The number of nitrogens with zero attached hydrogens (tertiary/aromatic N) is 2. The zero-order valence-corrected chi connectivity index (χ0v) is 15.1. The molecule has 0 amide bonds. The van der Waals surface area contributed by atoms with Crippen molar-refractivity contribution in [2.24, 2.45) is 0 Å². The molecule has 0 saturated carbocycles. The molecule has 1 atom stereocenters. The van der Waals surface area contributed by atoms with Gasteiger partial charge in [0.05, 0.1) is 29.1 Å². The van der Waals surface area contributed by atoms with E-state index in [1.165, 1.54) is 29.7 Å². The van der Waals surface area contributed by atoms with Crippen LogP contribution in [0, 0.1) is 0 Å². The Bertz CT molecular complexity index is 744. The topological polar surface area (TPSA) is 57.1 Å². The van der Waals surface area contributed by atoms with E-state index in [1.807, 2.05) is 12.3 Å². The van der Waals surface area contributed by atoms with Crippen LogP contribution in [0.15, 0.2) is 46.5 Å². The van der Waals surface area contributed by atoms with Gasteiger partial charge in [-0.15, -0.1) is 11.3 Å². The first-order valence-corrected chi connectivity index (χ1v) is 9.84. The molecule has 132 valence electrons. The van der Waals surface area contributed by atoms with Gasteiger partial charge in [-0.05, 0) is 49.5 Å². The average molecular weight is 356 g/mol. The van der Waals surface area contributed by atoms with Gasteiger partial charge in [-0.25, -0.2) is 0 Å². The Balaban J connectivity index is 1.41. The standard InChI is InChI=1S/C19H24N4OS/c1-2-8-23(9-3-1)16(17-6-4-10-24-17)14-20-12-15-13-21-22-19(15)18-7-5-11-25-18/h4-7,10-11,13,16,20H,1-3,8-9,12,14H2,(H,21,22). The molecule has 5 nitrogen and oxygen atoms in total. The van der Waals surface area contributed by atoms with Crippen LogP contribution in [0.4, 0.5) is 0 Å². The molecule has 6 heteroatoms. The summed E-state index contributed by atoms with van der Waals surface area (Å²) in [5.74, 6) is 1.06. The van der Waals surface area contributed by atoms with E-state index >= 15 is 0 Å². The summed E-state index contributed by atoms with van der Waals surface area (Å²) in [5.41, 5.74) is 2.33. The highest BCUT2D eigenvalue weighted by atomic mass is 32.1. The fourth-order valence-electron chi connectivity index (χ4n) is 3.54. The van der Waals surface area contributed by atoms with Crippen LogP contribution in [0.2, 0.25) is 0 Å². The molecule has 3 aromatic rings. The Morgan fingerprint density at radius 1 is 1.24 bits per heavy atom. The summed E-state index contributed by atoms with van der Waals surface area (Å²) in [4.78, 5) is 3.78. The van der Waals surface area contributed by atoms with Gasteiger partial charge >= 0.3 is 0 Å². The normalized spacial score (nSPS) is 17.0. The second-order valence-corrected chi connectivity index (χ2v) is 7.45. The summed E-state index contributed by atoms with van der Waals surface area (Å²) in [6.07, 6.45) is 7.60. The molecule has 3 aromatic heterocycles. The van der Waals surface area contributed by atoms with Crippen LogP contribution in [0.5, 0.6) is 0 Å². The van der Waals surface area contributed by atoms with Crippen LogP contribution < -0.4 is 5.32 Å². The van der Waals surface area contributed by atoms with Crippen molar-refractivity contribution in [2.45, 2.75) is 31.8 Å². The van der Waals surface area contributed by atoms with Crippen molar-refractivity contribution in [3.05, 3.63) is 53.4 Å². The fourth-order valence-corrected chi connectivity index (χ4v) is 4.30. The molecule has 0 aliphatic carbocycles. The zero-order chi connectivity index (χ0) is 16.9. The number of piperidine rings is 1. The van der Waals surface area contributed by atoms with Crippen LogP contribution >= 0.6 is 11.3 Å². The number of aromatic amines is 1. The Morgan fingerprint density at radius 2 is 2.16 bits per heavy atom. The van der Waals surface area contributed by atoms with Crippen molar-refractivity contribution in [3.63, 3.8) is 0 Å².